The van der Waals surface area contributed by atoms with Gasteiger partial charge >= 0.3 is 0 Å². The first kappa shape index (κ1) is 4.51. The standard InChI is InChI=1S/C3H7O2P/c1-3-2-4-6-5-3/h3,6H,2H2,1H3. The van der Waals surface area contributed by atoms with E-state index in [4.69, 9.17) is 9.05 Å². The van der Waals surface area contributed by atoms with Crippen LogP contribution in [0.5, 0.6) is 0 Å². The van der Waals surface area contributed by atoms with Crippen LogP contribution in [-0.4, -0.2) is 12.7 Å². The van der Waals surface area contributed by atoms with Gasteiger partial charge in [0, 0.05) is 0 Å². The molecule has 0 radical (unpaired) electrons. The Hall–Kier alpha value is 0.350. The highest BCUT2D eigenvalue weighted by Gasteiger charge is 2.08. The van der Waals surface area contributed by atoms with Crippen molar-refractivity contribution in [2.24, 2.45) is 0 Å². The SMILES string of the molecule is CC1COPO1. The third kappa shape index (κ3) is 0.904. The summed E-state index contributed by atoms with van der Waals surface area (Å²) in [5.74, 6) is 0. The molecule has 0 aromatic heterocycles. The molecule has 1 fully saturated rings. The Morgan fingerprint density at radius 1 is 1.83 bits per heavy atom. The van der Waals surface area contributed by atoms with E-state index in [9.17, 15) is 0 Å². The first-order valence-corrected chi connectivity index (χ1v) is 2.73. The second-order valence-electron chi connectivity index (χ2n) is 1.32. The normalized spacial score (nSPS) is 38.5. The predicted octanol–water partition coefficient (Wildman–Crippen LogP) is 0.930. The molecule has 0 aromatic carbocycles. The van der Waals surface area contributed by atoms with Gasteiger partial charge in [-0.3, -0.25) is 0 Å². The third-order valence-electron chi connectivity index (χ3n) is 0.626. The zero-order chi connectivity index (χ0) is 4.41. The fraction of sp³-hybridized carbons (Fsp3) is 1.00. The predicted molar refractivity (Wildman–Crippen MR) is 24.8 cm³/mol. The van der Waals surface area contributed by atoms with Crippen molar-refractivity contribution < 1.29 is 9.05 Å². The highest BCUT2D eigenvalue weighted by molar-refractivity contribution is 7.26. The number of hydrogen-bond donors (Lipinski definition) is 0. The molecule has 1 saturated heterocycles. The van der Waals surface area contributed by atoms with Crippen LogP contribution in [-0.2, 0) is 9.05 Å². The maximum Gasteiger partial charge on any atom is 0.155 e. The highest BCUT2D eigenvalue weighted by atomic mass is 31.1. The van der Waals surface area contributed by atoms with Crippen molar-refractivity contribution in [2.45, 2.75) is 13.0 Å². The molecule has 0 saturated carbocycles. The van der Waals surface area contributed by atoms with E-state index >= 15 is 0 Å². The molecule has 0 aromatic rings. The largest absolute Gasteiger partial charge is 0.334 e. The summed E-state index contributed by atoms with van der Waals surface area (Å²) in [7, 11) is 0.289. The molecule has 2 unspecified atom stereocenters. The van der Waals surface area contributed by atoms with Gasteiger partial charge in [0.25, 0.3) is 0 Å². The van der Waals surface area contributed by atoms with Gasteiger partial charge in [0.2, 0.25) is 0 Å². The van der Waals surface area contributed by atoms with Gasteiger partial charge in [-0.15, -0.1) is 0 Å². The van der Waals surface area contributed by atoms with E-state index < -0.39 is 0 Å². The molecule has 1 aliphatic heterocycles. The summed E-state index contributed by atoms with van der Waals surface area (Å²) in [5, 5.41) is 0. The van der Waals surface area contributed by atoms with Gasteiger partial charge in [-0.1, -0.05) is 0 Å². The van der Waals surface area contributed by atoms with Crippen LogP contribution in [0.15, 0.2) is 0 Å². The summed E-state index contributed by atoms with van der Waals surface area (Å²) in [6.07, 6.45) is 0.336. The van der Waals surface area contributed by atoms with E-state index in [0.717, 1.165) is 6.61 Å². The summed E-state index contributed by atoms with van der Waals surface area (Å²) >= 11 is 0. The minimum absolute atomic E-state index is 0.289. The molecule has 0 spiro atoms. The molecular formula is C3H7O2P. The Bertz CT molecular complexity index is 42.1. The maximum absolute atomic E-state index is 4.96. The molecule has 1 rings (SSSR count). The van der Waals surface area contributed by atoms with Crippen LogP contribution in [0.2, 0.25) is 0 Å². The smallest absolute Gasteiger partial charge is 0.155 e. The van der Waals surface area contributed by atoms with Gasteiger partial charge in [0.05, 0.1) is 12.7 Å². The zero-order valence-electron chi connectivity index (χ0n) is 3.60. The average Bonchev–Trinajstić information content (AvgIpc) is 1.86. The van der Waals surface area contributed by atoms with Crippen LogP contribution >= 0.6 is 9.03 Å². The minimum Gasteiger partial charge on any atom is -0.334 e. The molecule has 2 nitrogen and oxygen atoms in total. The summed E-state index contributed by atoms with van der Waals surface area (Å²) < 4.78 is 9.82. The average molecular weight is 106 g/mol. The second-order valence-corrected chi connectivity index (χ2v) is 2.01. The van der Waals surface area contributed by atoms with Crippen molar-refractivity contribution in [3.63, 3.8) is 0 Å². The Balaban J connectivity index is 2.18. The molecule has 6 heavy (non-hydrogen) atoms. The van der Waals surface area contributed by atoms with Crippen molar-refractivity contribution in [3.05, 3.63) is 0 Å². The Kier molecular flexibility index (Phi) is 1.41. The van der Waals surface area contributed by atoms with Crippen molar-refractivity contribution >= 4 is 9.03 Å². The lowest BCUT2D eigenvalue weighted by Gasteiger charge is -1.89. The van der Waals surface area contributed by atoms with Crippen LogP contribution in [0, 0.1) is 0 Å². The monoisotopic (exact) mass is 106 g/mol. The first-order valence-electron chi connectivity index (χ1n) is 1.92. The van der Waals surface area contributed by atoms with E-state index in [2.05, 4.69) is 0 Å². The lowest BCUT2D eigenvalue weighted by Crippen LogP contribution is -1.99. The Morgan fingerprint density at radius 3 is 2.83 bits per heavy atom. The van der Waals surface area contributed by atoms with Gasteiger partial charge in [0.1, 0.15) is 0 Å². The highest BCUT2D eigenvalue weighted by Crippen LogP contribution is 2.24. The van der Waals surface area contributed by atoms with E-state index in [-0.39, 0.29) is 9.03 Å². The van der Waals surface area contributed by atoms with Gasteiger partial charge in [-0.25, -0.2) is 0 Å². The van der Waals surface area contributed by atoms with Gasteiger partial charge in [0.15, 0.2) is 9.03 Å². The quantitative estimate of drug-likeness (QED) is 0.427. The third-order valence-corrected chi connectivity index (χ3v) is 1.41. The van der Waals surface area contributed by atoms with Crippen LogP contribution in [0.4, 0.5) is 0 Å². The summed E-state index contributed by atoms with van der Waals surface area (Å²) in [5.41, 5.74) is 0. The zero-order valence-corrected chi connectivity index (χ0v) is 4.60. The number of rotatable bonds is 0. The second kappa shape index (κ2) is 1.87. The summed E-state index contributed by atoms with van der Waals surface area (Å²) in [6, 6.07) is 0. The van der Waals surface area contributed by atoms with E-state index in [1.807, 2.05) is 6.92 Å². The first-order chi connectivity index (χ1) is 2.89. The fourth-order valence-electron chi connectivity index (χ4n) is 0.302. The minimum atomic E-state index is 0.289. The topological polar surface area (TPSA) is 18.5 Å². The van der Waals surface area contributed by atoms with Crippen LogP contribution in [0.1, 0.15) is 6.92 Å². The summed E-state index contributed by atoms with van der Waals surface area (Å²) in [6.45, 7) is 2.78. The molecule has 0 aliphatic carbocycles. The maximum atomic E-state index is 4.96. The van der Waals surface area contributed by atoms with Gasteiger partial charge in [-0.2, -0.15) is 0 Å². The molecule has 36 valence electrons. The lowest BCUT2D eigenvalue weighted by atomic mass is 10.5. The molecular weight excluding hydrogens is 99.0 g/mol. The van der Waals surface area contributed by atoms with Crippen LogP contribution < -0.4 is 0 Å². The molecule has 2 atom stereocenters. The van der Waals surface area contributed by atoms with Crippen molar-refractivity contribution in [2.75, 3.05) is 6.61 Å². The fourth-order valence-corrected chi connectivity index (χ4v) is 0.905. The van der Waals surface area contributed by atoms with Crippen molar-refractivity contribution in [3.8, 4) is 0 Å². The Labute approximate surface area is 38.8 Å². The molecule has 1 aliphatic rings. The van der Waals surface area contributed by atoms with E-state index in [1.54, 1.807) is 0 Å². The van der Waals surface area contributed by atoms with E-state index in [1.165, 1.54) is 0 Å². The molecule has 0 amide bonds. The van der Waals surface area contributed by atoms with E-state index in [0.29, 0.717) is 6.10 Å². The van der Waals surface area contributed by atoms with Crippen LogP contribution in [0.3, 0.4) is 0 Å². The van der Waals surface area contributed by atoms with Gasteiger partial charge < -0.3 is 9.05 Å². The van der Waals surface area contributed by atoms with Crippen molar-refractivity contribution in [1.29, 1.82) is 0 Å². The molecule has 1 heterocycles. The van der Waals surface area contributed by atoms with Gasteiger partial charge in [-0.05, 0) is 6.92 Å². The summed E-state index contributed by atoms with van der Waals surface area (Å²) in [4.78, 5) is 0. The van der Waals surface area contributed by atoms with Crippen molar-refractivity contribution in [1.82, 2.24) is 0 Å². The molecule has 3 heteroatoms. The molecule has 0 N–H and O–H groups in total. The lowest BCUT2D eigenvalue weighted by molar-refractivity contribution is 0.263. The van der Waals surface area contributed by atoms with Crippen LogP contribution in [0.25, 0.3) is 0 Å². The number of hydrogen-bond acceptors (Lipinski definition) is 2. The molecule has 0 bridgehead atoms. The Morgan fingerprint density at radius 2 is 2.67 bits per heavy atom.